The molecular weight excluding hydrogens is 242 g/mol. The molecule has 3 rings (SSSR count). The highest BCUT2D eigenvalue weighted by Gasteiger charge is 2.13. The molecule has 0 bridgehead atoms. The summed E-state index contributed by atoms with van der Waals surface area (Å²) in [6, 6.07) is 8.36. The number of hydrogen-bond donors (Lipinski definition) is 1. The normalized spacial score (nSPS) is 14.1. The van der Waals surface area contributed by atoms with Crippen molar-refractivity contribution in [2.24, 2.45) is 4.99 Å². The number of aliphatic imine (C=N–C) groups is 1. The predicted octanol–water partition coefficient (Wildman–Crippen LogP) is 3.89. The fraction of sp³-hybridized carbons (Fsp3) is 0.286. The van der Waals surface area contributed by atoms with Crippen LogP contribution in [0.1, 0.15) is 17.7 Å². The molecule has 0 atom stereocenters. The van der Waals surface area contributed by atoms with Gasteiger partial charge in [0.15, 0.2) is 5.82 Å². The Hall–Kier alpha value is -1.68. The molecule has 1 aromatic heterocycles. The molecule has 92 valence electrons. The molecule has 1 aliphatic heterocycles. The maximum absolute atomic E-state index is 4.64. The van der Waals surface area contributed by atoms with E-state index in [-0.39, 0.29) is 0 Å². The van der Waals surface area contributed by atoms with E-state index >= 15 is 0 Å². The lowest BCUT2D eigenvalue weighted by atomic mass is 10.2. The first-order valence-corrected chi connectivity index (χ1v) is 6.99. The number of rotatable bonds is 2. The third kappa shape index (κ3) is 2.16. The number of hydrogen-bond acceptors (Lipinski definition) is 4. The Balaban J connectivity index is 1.96. The Labute approximate surface area is 111 Å². The molecule has 0 aliphatic carbocycles. The fourth-order valence-electron chi connectivity index (χ4n) is 2.02. The monoisotopic (exact) mass is 257 g/mol. The van der Waals surface area contributed by atoms with Crippen LogP contribution in [0.25, 0.3) is 10.6 Å². The van der Waals surface area contributed by atoms with Gasteiger partial charge in [0.05, 0.1) is 4.88 Å². The van der Waals surface area contributed by atoms with E-state index < -0.39 is 0 Å². The highest BCUT2D eigenvalue weighted by Crippen LogP contribution is 2.34. The van der Waals surface area contributed by atoms with Gasteiger partial charge in [-0.1, -0.05) is 0 Å². The van der Waals surface area contributed by atoms with Gasteiger partial charge in [-0.25, -0.2) is 9.98 Å². The fourth-order valence-corrected chi connectivity index (χ4v) is 3.07. The van der Waals surface area contributed by atoms with Crippen molar-refractivity contribution < 1.29 is 0 Å². The largest absolute Gasteiger partial charge is 0.388 e. The van der Waals surface area contributed by atoms with Gasteiger partial charge in [0.1, 0.15) is 5.01 Å². The van der Waals surface area contributed by atoms with Gasteiger partial charge in [-0.05, 0) is 43.5 Å². The summed E-state index contributed by atoms with van der Waals surface area (Å²) < 4.78 is 0. The summed E-state index contributed by atoms with van der Waals surface area (Å²) in [5.74, 6) is 0.921. The van der Waals surface area contributed by atoms with Gasteiger partial charge >= 0.3 is 0 Å². The van der Waals surface area contributed by atoms with Crippen LogP contribution in [0.4, 0.5) is 11.5 Å². The van der Waals surface area contributed by atoms with E-state index in [1.807, 2.05) is 13.3 Å². The van der Waals surface area contributed by atoms with Crippen LogP contribution >= 0.6 is 11.3 Å². The summed E-state index contributed by atoms with van der Waals surface area (Å²) in [7, 11) is 1.93. The molecule has 2 aromatic rings. The zero-order chi connectivity index (χ0) is 12.4. The molecule has 1 aromatic carbocycles. The second kappa shape index (κ2) is 4.90. The highest BCUT2D eigenvalue weighted by atomic mass is 32.1. The number of fused-ring (bicyclic) bond motifs is 1. The summed E-state index contributed by atoms with van der Waals surface area (Å²) in [6.45, 7) is 0. The van der Waals surface area contributed by atoms with Crippen molar-refractivity contribution in [2.75, 3.05) is 12.4 Å². The Morgan fingerprint density at radius 3 is 2.83 bits per heavy atom. The van der Waals surface area contributed by atoms with Gasteiger partial charge in [-0.15, -0.1) is 11.3 Å². The molecule has 1 aliphatic rings. The van der Waals surface area contributed by atoms with E-state index in [9.17, 15) is 0 Å². The Morgan fingerprint density at radius 1 is 1.22 bits per heavy atom. The first kappa shape index (κ1) is 11.4. The van der Waals surface area contributed by atoms with E-state index in [2.05, 4.69) is 39.6 Å². The van der Waals surface area contributed by atoms with Gasteiger partial charge in [-0.2, -0.15) is 0 Å². The SMILES string of the molecule is CNc1ccc(-c2nc3c(s2)CCCC=N3)cc1. The van der Waals surface area contributed by atoms with Crippen LogP contribution < -0.4 is 5.32 Å². The van der Waals surface area contributed by atoms with Gasteiger partial charge in [0.2, 0.25) is 0 Å². The second-order valence-corrected chi connectivity index (χ2v) is 5.38. The summed E-state index contributed by atoms with van der Waals surface area (Å²) in [4.78, 5) is 10.4. The maximum atomic E-state index is 4.64. The third-order valence-electron chi connectivity index (χ3n) is 3.05. The Morgan fingerprint density at radius 2 is 2.06 bits per heavy atom. The Kier molecular flexibility index (Phi) is 3.11. The topological polar surface area (TPSA) is 37.3 Å². The third-order valence-corrected chi connectivity index (χ3v) is 4.20. The van der Waals surface area contributed by atoms with Crippen LogP contribution in [0, 0.1) is 0 Å². The molecule has 2 heterocycles. The van der Waals surface area contributed by atoms with E-state index in [0.717, 1.165) is 29.4 Å². The summed E-state index contributed by atoms with van der Waals surface area (Å²) in [5.41, 5.74) is 2.29. The number of benzene rings is 1. The van der Waals surface area contributed by atoms with Gasteiger partial charge in [0.25, 0.3) is 0 Å². The average molecular weight is 257 g/mol. The minimum absolute atomic E-state index is 0.921. The van der Waals surface area contributed by atoms with Crippen molar-refractivity contribution in [2.45, 2.75) is 19.3 Å². The first-order valence-electron chi connectivity index (χ1n) is 6.17. The molecule has 18 heavy (non-hydrogen) atoms. The average Bonchev–Trinajstić information content (AvgIpc) is 2.70. The van der Waals surface area contributed by atoms with Crippen molar-refractivity contribution >= 4 is 29.1 Å². The molecular formula is C14H15N3S. The van der Waals surface area contributed by atoms with Crippen LogP contribution in [0.5, 0.6) is 0 Å². The van der Waals surface area contributed by atoms with Crippen molar-refractivity contribution in [1.82, 2.24) is 4.98 Å². The van der Waals surface area contributed by atoms with Crippen molar-refractivity contribution in [3.63, 3.8) is 0 Å². The van der Waals surface area contributed by atoms with Crippen LogP contribution in [0.15, 0.2) is 29.3 Å². The standard InChI is InChI=1S/C14H15N3S/c1-15-11-7-5-10(6-8-11)14-17-13-12(18-14)4-2-3-9-16-13/h5-9,15H,2-4H2,1H3. The molecule has 0 spiro atoms. The molecule has 0 unspecified atom stereocenters. The molecule has 4 heteroatoms. The minimum atomic E-state index is 0.921. The quantitative estimate of drug-likeness (QED) is 0.886. The number of aryl methyl sites for hydroxylation is 1. The molecule has 0 radical (unpaired) electrons. The Bertz CT molecular complexity index is 569. The minimum Gasteiger partial charge on any atom is -0.388 e. The summed E-state index contributed by atoms with van der Waals surface area (Å²) >= 11 is 1.77. The summed E-state index contributed by atoms with van der Waals surface area (Å²) in [5, 5.41) is 4.19. The van der Waals surface area contributed by atoms with Crippen LogP contribution in [0.2, 0.25) is 0 Å². The molecule has 3 nitrogen and oxygen atoms in total. The number of anilines is 1. The zero-order valence-corrected chi connectivity index (χ0v) is 11.1. The van der Waals surface area contributed by atoms with Gasteiger partial charge < -0.3 is 5.32 Å². The predicted molar refractivity (Wildman–Crippen MR) is 78.2 cm³/mol. The molecule has 0 saturated heterocycles. The van der Waals surface area contributed by atoms with Gasteiger partial charge in [-0.3, -0.25) is 0 Å². The van der Waals surface area contributed by atoms with Crippen LogP contribution in [-0.2, 0) is 6.42 Å². The highest BCUT2D eigenvalue weighted by molar-refractivity contribution is 7.15. The molecule has 1 N–H and O–H groups in total. The zero-order valence-electron chi connectivity index (χ0n) is 10.3. The van der Waals surface area contributed by atoms with E-state index in [1.165, 1.54) is 16.9 Å². The number of thiazole rings is 1. The van der Waals surface area contributed by atoms with Crippen molar-refractivity contribution in [1.29, 1.82) is 0 Å². The molecule has 0 fully saturated rings. The second-order valence-electron chi connectivity index (χ2n) is 4.30. The van der Waals surface area contributed by atoms with Crippen molar-refractivity contribution in [3.05, 3.63) is 29.1 Å². The number of nitrogens with one attached hydrogen (secondary N) is 1. The first-order chi connectivity index (χ1) is 8.86. The maximum Gasteiger partial charge on any atom is 0.166 e. The molecule has 0 amide bonds. The number of aromatic nitrogens is 1. The van der Waals surface area contributed by atoms with E-state index in [4.69, 9.17) is 0 Å². The molecule has 0 saturated carbocycles. The lowest BCUT2D eigenvalue weighted by Crippen LogP contribution is -1.86. The van der Waals surface area contributed by atoms with Gasteiger partial charge in [0, 0.05) is 24.5 Å². The smallest absolute Gasteiger partial charge is 0.166 e. The van der Waals surface area contributed by atoms with E-state index in [1.54, 1.807) is 11.3 Å². The lowest BCUT2D eigenvalue weighted by molar-refractivity contribution is 0.897. The van der Waals surface area contributed by atoms with Crippen LogP contribution in [0.3, 0.4) is 0 Å². The van der Waals surface area contributed by atoms with Crippen LogP contribution in [-0.4, -0.2) is 18.2 Å². The van der Waals surface area contributed by atoms with Crippen molar-refractivity contribution in [3.8, 4) is 10.6 Å². The summed E-state index contributed by atoms with van der Waals surface area (Å²) in [6.07, 6.45) is 5.33. The number of nitrogens with zero attached hydrogens (tertiary/aromatic N) is 2. The van der Waals surface area contributed by atoms with E-state index in [0.29, 0.717) is 0 Å². The lowest BCUT2D eigenvalue weighted by Gasteiger charge is -2.00.